The van der Waals surface area contributed by atoms with Gasteiger partial charge in [0.15, 0.2) is 0 Å². The number of aromatic carboxylic acids is 1. The zero-order valence-electron chi connectivity index (χ0n) is 13.9. The van der Waals surface area contributed by atoms with Crippen molar-refractivity contribution in [1.29, 1.82) is 0 Å². The second-order valence-corrected chi connectivity index (χ2v) is 16.6. The van der Waals surface area contributed by atoms with Crippen LogP contribution in [0, 0.1) is 0 Å². The molecule has 0 saturated carbocycles. The molecule has 2 rings (SSSR count). The summed E-state index contributed by atoms with van der Waals surface area (Å²) in [4.78, 5) is 21.4. The standard InChI is InChI=1S/C9H14Ge.C9H8O4/c1-10(2,3)9-7-5-4-6-8-9;1-13-9(12)7-4-2-6(3-5-7)8(10)11/h4-8H,1-3H3;2-5H,1H3,(H,10,11). The molecule has 0 aliphatic rings. The number of carbonyl (C=O) groups is 2. The van der Waals surface area contributed by atoms with E-state index in [1.807, 2.05) is 0 Å². The van der Waals surface area contributed by atoms with Crippen LogP contribution in [-0.2, 0) is 4.74 Å². The molecule has 0 aliphatic heterocycles. The quantitative estimate of drug-likeness (QED) is 0.660. The Kier molecular flexibility index (Phi) is 7.03. The first-order valence-corrected chi connectivity index (χ1v) is 14.6. The van der Waals surface area contributed by atoms with Crippen molar-refractivity contribution in [2.24, 2.45) is 0 Å². The zero-order chi connectivity index (χ0) is 17.5. The average molecular weight is 375 g/mol. The van der Waals surface area contributed by atoms with Gasteiger partial charge in [0.05, 0.1) is 18.2 Å². The molecule has 0 bridgehead atoms. The fourth-order valence-electron chi connectivity index (χ4n) is 1.80. The van der Waals surface area contributed by atoms with Crippen molar-refractivity contribution in [1.82, 2.24) is 0 Å². The molecule has 0 amide bonds. The van der Waals surface area contributed by atoms with Gasteiger partial charge in [-0.15, -0.1) is 0 Å². The Morgan fingerprint density at radius 2 is 1.35 bits per heavy atom. The summed E-state index contributed by atoms with van der Waals surface area (Å²) < 4.78 is 6.04. The number of esters is 1. The SMILES string of the molecule is COC(=O)c1ccc(C(=O)O)cc1.[CH3][Ge]([CH3])([CH3])[c]1ccccc1. The van der Waals surface area contributed by atoms with Gasteiger partial charge in [-0.3, -0.25) is 0 Å². The summed E-state index contributed by atoms with van der Waals surface area (Å²) in [5.41, 5.74) is 0.486. The van der Waals surface area contributed by atoms with Crippen LogP contribution in [0.3, 0.4) is 0 Å². The van der Waals surface area contributed by atoms with Gasteiger partial charge in [0.25, 0.3) is 0 Å². The molecule has 0 spiro atoms. The predicted molar refractivity (Wildman–Crippen MR) is 94.2 cm³/mol. The molecule has 122 valence electrons. The monoisotopic (exact) mass is 376 g/mol. The Morgan fingerprint density at radius 3 is 1.70 bits per heavy atom. The summed E-state index contributed by atoms with van der Waals surface area (Å²) in [5.74, 6) is 5.74. The van der Waals surface area contributed by atoms with E-state index >= 15 is 0 Å². The molecular formula is C18H22GeO4. The number of carboxylic acid groups (broad SMARTS) is 1. The van der Waals surface area contributed by atoms with Gasteiger partial charge in [-0.2, -0.15) is 0 Å². The van der Waals surface area contributed by atoms with Gasteiger partial charge in [-0.05, 0) is 24.3 Å². The Bertz CT molecular complexity index is 643. The molecule has 0 radical (unpaired) electrons. The van der Waals surface area contributed by atoms with Crippen LogP contribution in [0.2, 0.25) is 17.3 Å². The van der Waals surface area contributed by atoms with E-state index in [1.54, 1.807) is 4.40 Å². The molecule has 0 atom stereocenters. The van der Waals surface area contributed by atoms with E-state index in [-0.39, 0.29) is 5.56 Å². The summed E-state index contributed by atoms with van der Waals surface area (Å²) in [6, 6.07) is 16.4. The Labute approximate surface area is 139 Å². The summed E-state index contributed by atoms with van der Waals surface area (Å²) in [6.07, 6.45) is 0. The summed E-state index contributed by atoms with van der Waals surface area (Å²) in [7, 11) is 1.27. The van der Waals surface area contributed by atoms with Gasteiger partial charge in [-0.1, -0.05) is 0 Å². The van der Waals surface area contributed by atoms with Crippen molar-refractivity contribution in [3.05, 3.63) is 65.7 Å². The number of hydrogen-bond donors (Lipinski definition) is 1. The summed E-state index contributed by atoms with van der Waals surface area (Å²) >= 11 is -1.50. The summed E-state index contributed by atoms with van der Waals surface area (Å²) in [5, 5.41) is 8.56. The first-order chi connectivity index (χ1) is 10.8. The van der Waals surface area contributed by atoms with Crippen molar-refractivity contribution >= 4 is 29.6 Å². The summed E-state index contributed by atoms with van der Waals surface area (Å²) in [6.45, 7) is 0. The van der Waals surface area contributed by atoms with Gasteiger partial charge >= 0.3 is 77.2 Å². The second-order valence-electron chi connectivity index (χ2n) is 5.99. The molecule has 0 unspecified atom stereocenters. The fraction of sp³-hybridized carbons (Fsp3) is 0.222. The molecular weight excluding hydrogens is 353 g/mol. The molecule has 2 aromatic rings. The molecule has 23 heavy (non-hydrogen) atoms. The number of benzene rings is 2. The predicted octanol–water partition coefficient (Wildman–Crippen LogP) is 3.40. The van der Waals surface area contributed by atoms with Gasteiger partial charge in [0.2, 0.25) is 0 Å². The van der Waals surface area contributed by atoms with Crippen LogP contribution >= 0.6 is 0 Å². The molecule has 4 nitrogen and oxygen atoms in total. The number of carbonyl (C=O) groups excluding carboxylic acids is 1. The van der Waals surface area contributed by atoms with Crippen molar-refractivity contribution in [2.75, 3.05) is 7.11 Å². The van der Waals surface area contributed by atoms with Crippen LogP contribution in [0.1, 0.15) is 20.7 Å². The first kappa shape index (κ1) is 19.0. The van der Waals surface area contributed by atoms with E-state index in [2.05, 4.69) is 52.3 Å². The van der Waals surface area contributed by atoms with Crippen molar-refractivity contribution < 1.29 is 19.4 Å². The van der Waals surface area contributed by atoms with E-state index in [0.717, 1.165) is 0 Å². The third-order valence-corrected chi connectivity index (χ3v) is 7.53. The normalized spacial score (nSPS) is 10.3. The minimum atomic E-state index is -1.50. The second kappa shape index (κ2) is 8.53. The van der Waals surface area contributed by atoms with E-state index in [9.17, 15) is 9.59 Å². The molecule has 0 saturated heterocycles. The van der Waals surface area contributed by atoms with Crippen molar-refractivity contribution in [3.63, 3.8) is 0 Å². The number of ether oxygens (including phenoxy) is 1. The van der Waals surface area contributed by atoms with Crippen LogP contribution in [0.5, 0.6) is 0 Å². The minimum absolute atomic E-state index is 0.146. The number of rotatable bonds is 3. The molecule has 0 aromatic heterocycles. The maximum absolute atomic E-state index is 10.9. The molecule has 0 heterocycles. The van der Waals surface area contributed by atoms with Crippen LogP contribution in [-0.4, -0.2) is 37.4 Å². The first-order valence-electron chi connectivity index (χ1n) is 7.23. The van der Waals surface area contributed by atoms with E-state index in [0.29, 0.717) is 5.56 Å². The van der Waals surface area contributed by atoms with E-state index < -0.39 is 25.2 Å². The van der Waals surface area contributed by atoms with E-state index in [1.165, 1.54) is 31.4 Å². The molecule has 5 heteroatoms. The van der Waals surface area contributed by atoms with E-state index in [4.69, 9.17) is 5.11 Å². The van der Waals surface area contributed by atoms with Crippen LogP contribution in [0.25, 0.3) is 0 Å². The fourth-order valence-corrected chi connectivity index (χ4v) is 4.31. The Morgan fingerprint density at radius 1 is 0.870 bits per heavy atom. The number of carboxylic acids is 1. The molecule has 2 aromatic carbocycles. The Balaban J connectivity index is 0.000000238. The van der Waals surface area contributed by atoms with Crippen LogP contribution in [0.15, 0.2) is 54.6 Å². The average Bonchev–Trinajstić information content (AvgIpc) is 2.55. The number of methoxy groups -OCH3 is 1. The van der Waals surface area contributed by atoms with Crippen LogP contribution in [0.4, 0.5) is 0 Å². The van der Waals surface area contributed by atoms with Gasteiger partial charge in [0.1, 0.15) is 0 Å². The molecule has 0 aliphatic carbocycles. The topological polar surface area (TPSA) is 63.6 Å². The zero-order valence-corrected chi connectivity index (χ0v) is 16.0. The van der Waals surface area contributed by atoms with Crippen molar-refractivity contribution in [3.8, 4) is 0 Å². The molecule has 1 N–H and O–H groups in total. The van der Waals surface area contributed by atoms with Gasteiger partial charge in [-0.25, -0.2) is 9.59 Å². The van der Waals surface area contributed by atoms with Gasteiger partial charge < -0.3 is 9.84 Å². The molecule has 0 fully saturated rings. The van der Waals surface area contributed by atoms with Crippen molar-refractivity contribution in [2.45, 2.75) is 17.3 Å². The third-order valence-electron chi connectivity index (χ3n) is 3.19. The maximum atomic E-state index is 10.9. The van der Waals surface area contributed by atoms with Crippen LogP contribution < -0.4 is 4.40 Å². The number of hydrogen-bond acceptors (Lipinski definition) is 3. The third kappa shape index (κ3) is 6.28. The van der Waals surface area contributed by atoms with Gasteiger partial charge in [0, 0.05) is 0 Å². The Hall–Kier alpha value is -2.08.